The van der Waals surface area contributed by atoms with Gasteiger partial charge in [-0.2, -0.15) is 0 Å². The van der Waals surface area contributed by atoms with E-state index in [0.29, 0.717) is 12.3 Å². The Kier molecular flexibility index (Phi) is 2.82. The van der Waals surface area contributed by atoms with Crippen LogP contribution in [-0.4, -0.2) is 32.3 Å². The first kappa shape index (κ1) is 10.6. The summed E-state index contributed by atoms with van der Waals surface area (Å²) in [6.07, 6.45) is 0.627. The zero-order chi connectivity index (χ0) is 11.5. The van der Waals surface area contributed by atoms with Crippen LogP contribution in [0, 0.1) is 0 Å². The van der Waals surface area contributed by atoms with Crippen molar-refractivity contribution in [3.8, 4) is 0 Å². The Morgan fingerprint density at radius 2 is 2.38 bits per heavy atom. The summed E-state index contributed by atoms with van der Waals surface area (Å²) in [4.78, 5) is 11.0. The summed E-state index contributed by atoms with van der Waals surface area (Å²) in [6, 6.07) is 5.34. The van der Waals surface area contributed by atoms with Crippen LogP contribution in [0.25, 0.3) is 5.65 Å². The van der Waals surface area contributed by atoms with Crippen molar-refractivity contribution in [1.82, 2.24) is 14.6 Å². The van der Waals surface area contributed by atoms with Crippen molar-refractivity contribution in [1.29, 1.82) is 0 Å². The lowest BCUT2D eigenvalue weighted by atomic mass is 10.3. The van der Waals surface area contributed by atoms with Crippen LogP contribution in [0.1, 0.15) is 18.9 Å². The number of carboxylic acids is 1. The van der Waals surface area contributed by atoms with Gasteiger partial charge in [-0.25, -0.2) is 4.79 Å². The smallest absolute Gasteiger partial charge is 0.340 e. The molecule has 84 valence electrons. The number of fused-ring (bicyclic) bond motifs is 1. The Morgan fingerprint density at radius 3 is 3.06 bits per heavy atom. The Bertz CT molecular complexity index is 509. The molecule has 6 heteroatoms. The maximum atomic E-state index is 11.0. The lowest BCUT2D eigenvalue weighted by molar-refractivity contribution is -0.151. The van der Waals surface area contributed by atoms with Crippen LogP contribution < -0.4 is 0 Å². The lowest BCUT2D eigenvalue weighted by Gasteiger charge is -2.09. The molecule has 2 aromatic heterocycles. The molecule has 0 bridgehead atoms. The van der Waals surface area contributed by atoms with Gasteiger partial charge in [0.2, 0.25) is 6.10 Å². The minimum atomic E-state index is -1.08. The number of carboxylic acid groups (broad SMARTS) is 1. The summed E-state index contributed by atoms with van der Waals surface area (Å²) in [5, 5.41) is 16.7. The van der Waals surface area contributed by atoms with Gasteiger partial charge in [0.25, 0.3) is 0 Å². The van der Waals surface area contributed by atoms with E-state index >= 15 is 0 Å². The highest BCUT2D eigenvalue weighted by Gasteiger charge is 2.25. The number of pyridine rings is 1. The molecule has 1 unspecified atom stereocenters. The minimum Gasteiger partial charge on any atom is -0.479 e. The molecule has 6 nitrogen and oxygen atoms in total. The van der Waals surface area contributed by atoms with Gasteiger partial charge >= 0.3 is 5.97 Å². The lowest BCUT2D eigenvalue weighted by Crippen LogP contribution is -2.18. The van der Waals surface area contributed by atoms with E-state index in [-0.39, 0.29) is 5.82 Å². The van der Waals surface area contributed by atoms with Crippen molar-refractivity contribution in [2.45, 2.75) is 13.0 Å². The molecule has 16 heavy (non-hydrogen) atoms. The van der Waals surface area contributed by atoms with Crippen molar-refractivity contribution in [2.75, 3.05) is 6.61 Å². The van der Waals surface area contributed by atoms with E-state index in [0.717, 1.165) is 0 Å². The van der Waals surface area contributed by atoms with Crippen molar-refractivity contribution in [3.05, 3.63) is 30.2 Å². The van der Waals surface area contributed by atoms with Gasteiger partial charge < -0.3 is 9.84 Å². The molecular formula is C10H11N3O3. The molecule has 0 aliphatic rings. The van der Waals surface area contributed by atoms with Crippen LogP contribution in [0.2, 0.25) is 0 Å². The van der Waals surface area contributed by atoms with E-state index in [9.17, 15) is 4.79 Å². The topological polar surface area (TPSA) is 76.7 Å². The summed E-state index contributed by atoms with van der Waals surface area (Å²) < 4.78 is 6.74. The van der Waals surface area contributed by atoms with Gasteiger partial charge in [-0.15, -0.1) is 10.2 Å². The van der Waals surface area contributed by atoms with Gasteiger partial charge in [0.15, 0.2) is 11.5 Å². The highest BCUT2D eigenvalue weighted by atomic mass is 16.5. The molecule has 2 heterocycles. The van der Waals surface area contributed by atoms with Crippen LogP contribution in [0.5, 0.6) is 0 Å². The summed E-state index contributed by atoms with van der Waals surface area (Å²) >= 11 is 0. The van der Waals surface area contributed by atoms with Crippen LogP contribution in [0.4, 0.5) is 0 Å². The Balaban J connectivity index is 2.48. The second-order valence-corrected chi connectivity index (χ2v) is 3.16. The molecule has 0 aliphatic heterocycles. The number of hydrogen-bond acceptors (Lipinski definition) is 4. The molecule has 0 amide bonds. The van der Waals surface area contributed by atoms with Gasteiger partial charge in [-0.05, 0) is 19.1 Å². The molecule has 0 aromatic carbocycles. The number of hydrogen-bond donors (Lipinski definition) is 1. The molecule has 0 saturated carbocycles. The van der Waals surface area contributed by atoms with Gasteiger partial charge in [0.05, 0.1) is 0 Å². The average Bonchev–Trinajstić information content (AvgIpc) is 2.69. The van der Waals surface area contributed by atoms with E-state index in [2.05, 4.69) is 10.2 Å². The van der Waals surface area contributed by atoms with E-state index in [1.54, 1.807) is 29.7 Å². The van der Waals surface area contributed by atoms with Gasteiger partial charge in [-0.3, -0.25) is 4.40 Å². The van der Waals surface area contributed by atoms with Crippen molar-refractivity contribution in [2.24, 2.45) is 0 Å². The number of aliphatic carboxylic acids is 1. The predicted octanol–water partition coefficient (Wildman–Crippen LogP) is 0.892. The molecule has 0 aliphatic carbocycles. The molecule has 1 atom stereocenters. The Labute approximate surface area is 91.5 Å². The normalized spacial score (nSPS) is 12.8. The monoisotopic (exact) mass is 221 g/mol. The van der Waals surface area contributed by atoms with Crippen LogP contribution in [0.15, 0.2) is 24.4 Å². The van der Waals surface area contributed by atoms with E-state index in [4.69, 9.17) is 9.84 Å². The van der Waals surface area contributed by atoms with E-state index in [1.807, 2.05) is 6.07 Å². The third-order valence-electron chi connectivity index (χ3n) is 2.13. The summed E-state index contributed by atoms with van der Waals surface area (Å²) in [7, 11) is 0. The zero-order valence-corrected chi connectivity index (χ0v) is 8.70. The van der Waals surface area contributed by atoms with Crippen LogP contribution in [-0.2, 0) is 9.53 Å². The van der Waals surface area contributed by atoms with Gasteiger partial charge in [0, 0.05) is 12.8 Å². The SMILES string of the molecule is CCOC(C(=O)O)c1nnc2ccccn12. The highest BCUT2D eigenvalue weighted by molar-refractivity contribution is 5.73. The molecular weight excluding hydrogens is 210 g/mol. The largest absolute Gasteiger partial charge is 0.479 e. The predicted molar refractivity (Wildman–Crippen MR) is 55.0 cm³/mol. The summed E-state index contributed by atoms with van der Waals surface area (Å²) in [6.45, 7) is 2.04. The van der Waals surface area contributed by atoms with E-state index in [1.165, 1.54) is 0 Å². The zero-order valence-electron chi connectivity index (χ0n) is 8.70. The second kappa shape index (κ2) is 4.28. The molecule has 2 aromatic rings. The fourth-order valence-electron chi connectivity index (χ4n) is 1.46. The van der Waals surface area contributed by atoms with Crippen molar-refractivity contribution < 1.29 is 14.6 Å². The molecule has 2 rings (SSSR count). The van der Waals surface area contributed by atoms with E-state index < -0.39 is 12.1 Å². The maximum Gasteiger partial charge on any atom is 0.340 e. The third kappa shape index (κ3) is 1.74. The first-order valence-corrected chi connectivity index (χ1v) is 4.88. The Morgan fingerprint density at radius 1 is 1.56 bits per heavy atom. The standard InChI is InChI=1S/C10H11N3O3/c1-2-16-8(10(14)15)9-12-11-7-5-3-4-6-13(7)9/h3-6,8H,2H2,1H3,(H,14,15). The number of ether oxygens (including phenoxy) is 1. The quantitative estimate of drug-likeness (QED) is 0.829. The van der Waals surface area contributed by atoms with Gasteiger partial charge in [-0.1, -0.05) is 6.07 Å². The highest BCUT2D eigenvalue weighted by Crippen LogP contribution is 2.16. The second-order valence-electron chi connectivity index (χ2n) is 3.16. The molecule has 0 spiro atoms. The van der Waals surface area contributed by atoms with Gasteiger partial charge in [0.1, 0.15) is 0 Å². The third-order valence-corrected chi connectivity index (χ3v) is 2.13. The number of aromatic nitrogens is 3. The van der Waals surface area contributed by atoms with Crippen molar-refractivity contribution >= 4 is 11.6 Å². The fourth-order valence-corrected chi connectivity index (χ4v) is 1.46. The van der Waals surface area contributed by atoms with Crippen LogP contribution >= 0.6 is 0 Å². The van der Waals surface area contributed by atoms with Crippen molar-refractivity contribution in [3.63, 3.8) is 0 Å². The Hall–Kier alpha value is -1.95. The molecule has 0 saturated heterocycles. The average molecular weight is 221 g/mol. The number of nitrogens with zero attached hydrogens (tertiary/aromatic N) is 3. The number of carbonyl (C=O) groups is 1. The minimum absolute atomic E-state index is 0.282. The fraction of sp³-hybridized carbons (Fsp3) is 0.300. The molecule has 1 N–H and O–H groups in total. The summed E-state index contributed by atoms with van der Waals surface area (Å²) in [5.41, 5.74) is 0.600. The maximum absolute atomic E-state index is 11.0. The van der Waals surface area contributed by atoms with Crippen LogP contribution in [0.3, 0.4) is 0 Å². The molecule has 0 fully saturated rings. The first-order chi connectivity index (χ1) is 7.74. The first-order valence-electron chi connectivity index (χ1n) is 4.88. The summed E-state index contributed by atoms with van der Waals surface area (Å²) in [5.74, 6) is -0.787. The number of rotatable bonds is 4. The molecule has 0 radical (unpaired) electrons.